The summed E-state index contributed by atoms with van der Waals surface area (Å²) < 4.78 is 1.93. The van der Waals surface area contributed by atoms with Gasteiger partial charge in [-0.1, -0.05) is 12.1 Å². The number of likely N-dealkylation sites (tertiary alicyclic amines) is 1. The molecular weight excluding hydrogens is 314 g/mol. The molecule has 0 bridgehead atoms. The average Bonchev–Trinajstić information content (AvgIpc) is 3.20. The number of aryl methyl sites for hydroxylation is 1. The topological polar surface area (TPSA) is 66.8 Å². The molecule has 6 nitrogen and oxygen atoms in total. The van der Waals surface area contributed by atoms with Crippen LogP contribution in [0.5, 0.6) is 0 Å². The summed E-state index contributed by atoms with van der Waals surface area (Å²) in [4.78, 5) is 26.9. The van der Waals surface area contributed by atoms with Crippen LogP contribution in [0.2, 0.25) is 0 Å². The standard InChI is InChI=1S/C19H23N5O/c1-13-14(2)24(12-20-13)11-18(25)23-9-7-15(8-10-23)19-21-16-5-3-4-6-17(16)22-19/h3-6,12,15H,7-11H2,1-2H3,(H,21,22). The van der Waals surface area contributed by atoms with Crippen molar-refractivity contribution in [1.82, 2.24) is 24.4 Å². The van der Waals surface area contributed by atoms with Gasteiger partial charge in [0.25, 0.3) is 0 Å². The van der Waals surface area contributed by atoms with Crippen molar-refractivity contribution in [3.63, 3.8) is 0 Å². The number of nitrogens with one attached hydrogen (secondary N) is 1. The first-order valence-corrected chi connectivity index (χ1v) is 8.82. The molecule has 1 aliphatic rings. The summed E-state index contributed by atoms with van der Waals surface area (Å²) in [6.07, 6.45) is 3.66. The van der Waals surface area contributed by atoms with E-state index in [-0.39, 0.29) is 5.91 Å². The second-order valence-electron chi connectivity index (χ2n) is 6.84. The number of hydrogen-bond donors (Lipinski definition) is 1. The van der Waals surface area contributed by atoms with Gasteiger partial charge in [-0.15, -0.1) is 0 Å². The highest BCUT2D eigenvalue weighted by Gasteiger charge is 2.26. The van der Waals surface area contributed by atoms with Crippen LogP contribution in [-0.2, 0) is 11.3 Å². The molecule has 0 unspecified atom stereocenters. The highest BCUT2D eigenvalue weighted by atomic mass is 16.2. The van der Waals surface area contributed by atoms with E-state index in [9.17, 15) is 4.79 Å². The monoisotopic (exact) mass is 337 g/mol. The van der Waals surface area contributed by atoms with Crippen LogP contribution >= 0.6 is 0 Å². The van der Waals surface area contributed by atoms with E-state index in [1.54, 1.807) is 6.33 Å². The molecular formula is C19H23N5O. The van der Waals surface area contributed by atoms with Crippen molar-refractivity contribution in [2.45, 2.75) is 39.2 Å². The maximum Gasteiger partial charge on any atom is 0.242 e. The number of hydrogen-bond acceptors (Lipinski definition) is 3. The van der Waals surface area contributed by atoms with Gasteiger partial charge in [-0.2, -0.15) is 0 Å². The van der Waals surface area contributed by atoms with E-state index in [1.807, 2.05) is 41.5 Å². The first-order valence-electron chi connectivity index (χ1n) is 8.82. The molecule has 25 heavy (non-hydrogen) atoms. The summed E-state index contributed by atoms with van der Waals surface area (Å²) >= 11 is 0. The minimum atomic E-state index is 0.170. The van der Waals surface area contributed by atoms with Gasteiger partial charge < -0.3 is 14.5 Å². The Hall–Kier alpha value is -2.63. The summed E-state index contributed by atoms with van der Waals surface area (Å²) in [7, 11) is 0. The van der Waals surface area contributed by atoms with Crippen molar-refractivity contribution in [3.05, 3.63) is 47.8 Å². The number of aromatic amines is 1. The second kappa shape index (κ2) is 6.35. The van der Waals surface area contributed by atoms with Crippen LogP contribution in [0, 0.1) is 13.8 Å². The molecule has 2 aromatic heterocycles. The van der Waals surface area contributed by atoms with Crippen molar-refractivity contribution < 1.29 is 4.79 Å². The fraction of sp³-hybridized carbons (Fsp3) is 0.421. The molecule has 0 radical (unpaired) electrons. The van der Waals surface area contributed by atoms with E-state index in [1.165, 1.54) is 0 Å². The second-order valence-corrected chi connectivity index (χ2v) is 6.84. The van der Waals surface area contributed by atoms with Crippen LogP contribution in [0.4, 0.5) is 0 Å². The number of carbonyl (C=O) groups is 1. The number of benzene rings is 1. The molecule has 0 aliphatic carbocycles. The molecule has 1 aliphatic heterocycles. The van der Waals surface area contributed by atoms with Crippen molar-refractivity contribution in [2.75, 3.05) is 13.1 Å². The van der Waals surface area contributed by atoms with Crippen molar-refractivity contribution in [1.29, 1.82) is 0 Å². The lowest BCUT2D eigenvalue weighted by atomic mass is 9.96. The zero-order chi connectivity index (χ0) is 17.4. The van der Waals surface area contributed by atoms with Crippen molar-refractivity contribution >= 4 is 16.9 Å². The Bertz CT molecular complexity index is 869. The minimum Gasteiger partial charge on any atom is -0.342 e. The number of H-pyrrole nitrogens is 1. The normalized spacial score (nSPS) is 15.8. The quantitative estimate of drug-likeness (QED) is 0.799. The first-order chi connectivity index (χ1) is 12.1. The average molecular weight is 337 g/mol. The van der Waals surface area contributed by atoms with Crippen LogP contribution in [0.15, 0.2) is 30.6 Å². The molecule has 1 saturated heterocycles. The summed E-state index contributed by atoms with van der Waals surface area (Å²) in [5.41, 5.74) is 4.14. The fourth-order valence-corrected chi connectivity index (χ4v) is 3.52. The number of imidazole rings is 2. The molecule has 0 spiro atoms. The van der Waals surface area contributed by atoms with Crippen molar-refractivity contribution in [3.8, 4) is 0 Å². The van der Waals surface area contributed by atoms with Crippen LogP contribution in [0.1, 0.15) is 36.0 Å². The summed E-state index contributed by atoms with van der Waals surface area (Å²) in [6.45, 7) is 5.92. The van der Waals surface area contributed by atoms with Gasteiger partial charge >= 0.3 is 0 Å². The number of rotatable bonds is 3. The lowest BCUT2D eigenvalue weighted by molar-refractivity contribution is -0.132. The molecule has 6 heteroatoms. The number of amides is 1. The predicted octanol–water partition coefficient (Wildman–Crippen LogP) is 2.78. The Morgan fingerprint density at radius 1 is 1.24 bits per heavy atom. The van der Waals surface area contributed by atoms with Gasteiger partial charge in [-0.05, 0) is 38.8 Å². The Morgan fingerprint density at radius 3 is 2.68 bits per heavy atom. The fourth-order valence-electron chi connectivity index (χ4n) is 3.52. The smallest absolute Gasteiger partial charge is 0.242 e. The highest BCUT2D eigenvalue weighted by Crippen LogP contribution is 2.27. The van der Waals surface area contributed by atoms with E-state index < -0.39 is 0 Å². The molecule has 4 rings (SSSR count). The molecule has 3 heterocycles. The van der Waals surface area contributed by atoms with Crippen LogP contribution in [0.3, 0.4) is 0 Å². The van der Waals surface area contributed by atoms with Crippen LogP contribution in [0.25, 0.3) is 11.0 Å². The molecule has 3 aromatic rings. The van der Waals surface area contributed by atoms with E-state index in [2.05, 4.69) is 16.0 Å². The molecule has 1 amide bonds. The molecule has 0 atom stereocenters. The number of piperidine rings is 1. The zero-order valence-electron chi connectivity index (χ0n) is 14.7. The number of carbonyl (C=O) groups excluding carboxylic acids is 1. The first kappa shape index (κ1) is 15.9. The van der Waals surface area contributed by atoms with E-state index in [4.69, 9.17) is 4.98 Å². The summed E-state index contributed by atoms with van der Waals surface area (Å²) in [5.74, 6) is 1.62. The molecule has 1 aromatic carbocycles. The number of para-hydroxylation sites is 2. The Labute approximate surface area is 146 Å². The largest absolute Gasteiger partial charge is 0.342 e. The van der Waals surface area contributed by atoms with E-state index >= 15 is 0 Å². The van der Waals surface area contributed by atoms with Gasteiger partial charge in [0, 0.05) is 24.7 Å². The minimum absolute atomic E-state index is 0.170. The lowest BCUT2D eigenvalue weighted by Gasteiger charge is -2.31. The number of fused-ring (bicyclic) bond motifs is 1. The molecule has 1 fully saturated rings. The Morgan fingerprint density at radius 2 is 2.00 bits per heavy atom. The Kier molecular flexibility index (Phi) is 4.03. The van der Waals surface area contributed by atoms with Crippen LogP contribution < -0.4 is 0 Å². The highest BCUT2D eigenvalue weighted by molar-refractivity contribution is 5.76. The maximum absolute atomic E-state index is 12.6. The van der Waals surface area contributed by atoms with Crippen molar-refractivity contribution in [2.24, 2.45) is 0 Å². The van der Waals surface area contributed by atoms with Gasteiger partial charge in [0.2, 0.25) is 5.91 Å². The Balaban J connectivity index is 1.39. The van der Waals surface area contributed by atoms with E-state index in [0.717, 1.165) is 54.2 Å². The summed E-state index contributed by atoms with van der Waals surface area (Å²) in [6, 6.07) is 8.11. The SMILES string of the molecule is Cc1ncn(CC(=O)N2CCC(c3nc4ccccc4[nH]3)CC2)c1C. The zero-order valence-corrected chi connectivity index (χ0v) is 14.7. The predicted molar refractivity (Wildman–Crippen MR) is 96.3 cm³/mol. The number of nitrogens with zero attached hydrogens (tertiary/aromatic N) is 4. The van der Waals surface area contributed by atoms with Crippen LogP contribution in [-0.4, -0.2) is 43.4 Å². The van der Waals surface area contributed by atoms with E-state index in [0.29, 0.717) is 12.5 Å². The van der Waals surface area contributed by atoms with Gasteiger partial charge in [-0.25, -0.2) is 9.97 Å². The van der Waals surface area contributed by atoms with Gasteiger partial charge in [0.1, 0.15) is 12.4 Å². The third-order valence-electron chi connectivity index (χ3n) is 5.29. The molecule has 130 valence electrons. The molecule has 0 saturated carbocycles. The molecule has 1 N–H and O–H groups in total. The third-order valence-corrected chi connectivity index (χ3v) is 5.29. The summed E-state index contributed by atoms with van der Waals surface area (Å²) in [5, 5.41) is 0. The van der Waals surface area contributed by atoms with Gasteiger partial charge in [-0.3, -0.25) is 4.79 Å². The lowest BCUT2D eigenvalue weighted by Crippen LogP contribution is -2.40. The third kappa shape index (κ3) is 3.04. The maximum atomic E-state index is 12.6. The number of aromatic nitrogens is 4. The van der Waals surface area contributed by atoms with Gasteiger partial charge in [0.05, 0.1) is 23.1 Å². The van der Waals surface area contributed by atoms with Gasteiger partial charge in [0.15, 0.2) is 0 Å².